The molecule has 16 nitrogen and oxygen atoms in total. The normalized spacial score (nSPS) is 12.6. The molecule has 310 valence electrons. The summed E-state index contributed by atoms with van der Waals surface area (Å²) in [7, 11) is -5.15. The fraction of sp³-hybridized carbons (Fsp3) is 0.333. The number of benzene rings is 4. The van der Waals surface area contributed by atoms with Gasteiger partial charge >= 0.3 is 6.09 Å². The first-order valence-electron chi connectivity index (χ1n) is 17.8. The van der Waals surface area contributed by atoms with Gasteiger partial charge in [0.25, 0.3) is 0 Å². The Hall–Kier alpha value is -4.83. The van der Waals surface area contributed by atoms with Crippen molar-refractivity contribution in [2.24, 2.45) is 0 Å². The smallest absolute Gasteiger partial charge is 0.407 e. The van der Waals surface area contributed by atoms with Crippen LogP contribution < -0.4 is 14.2 Å². The SMILES string of the molecule is COc1ccc(CN(Cc2ccc(OC)cc2)S(=O)(=O)c2c(S(=O)(=O)C(CO)CN(C(=O)O)C(C)(C)C)ccc(I)c2-c2nnn(Cc3ccc(OC)cc3)n2)cc1. The number of methoxy groups -OCH3 is 3. The largest absolute Gasteiger partial charge is 0.497 e. The number of tetrazole rings is 1. The highest BCUT2D eigenvalue weighted by molar-refractivity contribution is 14.1. The number of carboxylic acid groups (broad SMARTS) is 1. The lowest BCUT2D eigenvalue weighted by atomic mass is 10.1. The Bertz CT molecular complexity index is 2370. The molecule has 0 aliphatic rings. The lowest BCUT2D eigenvalue weighted by Crippen LogP contribution is -2.51. The van der Waals surface area contributed by atoms with Gasteiger partial charge in [-0.25, -0.2) is 21.6 Å². The topological polar surface area (TPSA) is 204 Å². The predicted octanol–water partition coefficient (Wildman–Crippen LogP) is 5.32. The Balaban J connectivity index is 1.74. The number of aliphatic hydroxyl groups is 1. The molecule has 0 saturated carbocycles. The van der Waals surface area contributed by atoms with Crippen molar-refractivity contribution in [1.82, 2.24) is 29.4 Å². The van der Waals surface area contributed by atoms with Gasteiger partial charge in [-0.2, -0.15) is 9.10 Å². The van der Waals surface area contributed by atoms with Gasteiger partial charge in [-0.05, 0) is 114 Å². The van der Waals surface area contributed by atoms with Crippen LogP contribution in [0.4, 0.5) is 4.79 Å². The third kappa shape index (κ3) is 10.1. The van der Waals surface area contributed by atoms with E-state index in [1.165, 1.54) is 25.1 Å². The molecule has 58 heavy (non-hydrogen) atoms. The number of sulfonamides is 1. The van der Waals surface area contributed by atoms with Crippen LogP contribution in [0.25, 0.3) is 11.4 Å². The molecule has 1 amide bonds. The number of rotatable bonds is 17. The second kappa shape index (κ2) is 18.4. The van der Waals surface area contributed by atoms with Gasteiger partial charge in [0, 0.05) is 28.7 Å². The van der Waals surface area contributed by atoms with Crippen LogP contribution in [-0.4, -0.2) is 108 Å². The lowest BCUT2D eigenvalue weighted by molar-refractivity contribution is 0.0960. The van der Waals surface area contributed by atoms with E-state index in [4.69, 9.17) is 14.2 Å². The molecule has 5 rings (SSSR count). The van der Waals surface area contributed by atoms with Crippen LogP contribution in [0.1, 0.15) is 37.5 Å². The van der Waals surface area contributed by atoms with E-state index in [1.807, 2.05) is 22.6 Å². The van der Waals surface area contributed by atoms with E-state index in [9.17, 15) is 23.4 Å². The maximum Gasteiger partial charge on any atom is 0.407 e. The number of halogens is 1. The molecule has 0 spiro atoms. The second-order valence-corrected chi connectivity index (χ2v) is 19.4. The molecule has 1 aromatic heterocycles. The quantitative estimate of drug-likeness (QED) is 0.114. The molecule has 1 atom stereocenters. The highest BCUT2D eigenvalue weighted by atomic mass is 127. The fourth-order valence-corrected chi connectivity index (χ4v) is 10.8. The zero-order valence-electron chi connectivity index (χ0n) is 32.7. The summed E-state index contributed by atoms with van der Waals surface area (Å²) in [6, 6.07) is 23.2. The van der Waals surface area contributed by atoms with E-state index in [1.54, 1.807) is 101 Å². The third-order valence-corrected chi connectivity index (χ3v) is 14.3. The summed E-state index contributed by atoms with van der Waals surface area (Å²) in [6.07, 6.45) is -1.42. The molecule has 19 heteroatoms. The number of aromatic nitrogens is 4. The van der Waals surface area contributed by atoms with Gasteiger partial charge in [0.2, 0.25) is 15.8 Å². The van der Waals surface area contributed by atoms with Crippen molar-refractivity contribution in [3.63, 3.8) is 0 Å². The lowest BCUT2D eigenvalue weighted by Gasteiger charge is -2.35. The van der Waals surface area contributed by atoms with Crippen LogP contribution >= 0.6 is 22.6 Å². The first-order chi connectivity index (χ1) is 27.4. The minimum atomic E-state index is -4.87. The molecule has 0 aliphatic heterocycles. The standard InChI is InChI=1S/C39H45IN6O10S2/c1-39(2,3)45(38(48)49)24-32(25-47)57(50,51)34-20-19-33(40)35(37-41-43-46(42-37)23-28-11-17-31(56-6)18-12-28)36(34)58(52,53)44(21-26-7-13-29(54-4)14-8-26)22-27-9-15-30(55-5)16-10-27/h7-20,32,47H,21-25H2,1-6H3,(H,48,49). The third-order valence-electron chi connectivity index (χ3n) is 9.24. The van der Waals surface area contributed by atoms with E-state index in [0.29, 0.717) is 28.4 Å². The Morgan fingerprint density at radius 1 is 0.793 bits per heavy atom. The maximum absolute atomic E-state index is 15.5. The van der Waals surface area contributed by atoms with Crippen LogP contribution in [0.5, 0.6) is 17.2 Å². The number of nitrogens with zero attached hydrogens (tertiary/aromatic N) is 6. The van der Waals surface area contributed by atoms with Crippen molar-refractivity contribution in [2.75, 3.05) is 34.5 Å². The molecule has 0 aliphatic carbocycles. The number of ether oxygens (including phenoxy) is 3. The summed E-state index contributed by atoms with van der Waals surface area (Å²) >= 11 is 1.90. The molecule has 5 aromatic rings. The average Bonchev–Trinajstić information content (AvgIpc) is 3.65. The fourth-order valence-electron chi connectivity index (χ4n) is 6.03. The van der Waals surface area contributed by atoms with Gasteiger partial charge < -0.3 is 29.3 Å². The van der Waals surface area contributed by atoms with Gasteiger partial charge in [-0.3, -0.25) is 0 Å². The molecular weight excluding hydrogens is 903 g/mol. The number of hydrogen-bond acceptors (Lipinski definition) is 12. The summed E-state index contributed by atoms with van der Waals surface area (Å²) in [4.78, 5) is 13.2. The van der Waals surface area contributed by atoms with Crippen molar-refractivity contribution in [3.8, 4) is 28.6 Å². The zero-order chi connectivity index (χ0) is 42.4. The van der Waals surface area contributed by atoms with E-state index >= 15 is 8.42 Å². The van der Waals surface area contributed by atoms with Crippen LogP contribution in [0.15, 0.2) is 94.7 Å². The van der Waals surface area contributed by atoms with Crippen LogP contribution in [-0.2, 0) is 39.5 Å². The molecule has 0 bridgehead atoms. The molecule has 0 saturated heterocycles. The van der Waals surface area contributed by atoms with Gasteiger partial charge in [0.15, 0.2) is 9.84 Å². The van der Waals surface area contributed by atoms with E-state index in [-0.39, 0.29) is 34.6 Å². The number of amides is 1. The number of aliphatic hydroxyl groups excluding tert-OH is 1. The van der Waals surface area contributed by atoms with E-state index < -0.39 is 59.7 Å². The first kappa shape index (κ1) is 44.3. The molecule has 1 unspecified atom stereocenters. The highest BCUT2D eigenvalue weighted by Crippen LogP contribution is 2.39. The summed E-state index contributed by atoms with van der Waals surface area (Å²) in [5, 5.41) is 31.8. The molecule has 2 N–H and O–H groups in total. The second-order valence-electron chi connectivity index (χ2n) is 14.1. The van der Waals surface area contributed by atoms with Gasteiger partial charge in [-0.15, -0.1) is 10.2 Å². The van der Waals surface area contributed by atoms with Gasteiger partial charge in [-0.1, -0.05) is 36.4 Å². The van der Waals surface area contributed by atoms with Crippen molar-refractivity contribution in [2.45, 2.75) is 61.0 Å². The van der Waals surface area contributed by atoms with Crippen molar-refractivity contribution in [3.05, 3.63) is 105 Å². The average molecular weight is 949 g/mol. The van der Waals surface area contributed by atoms with E-state index in [2.05, 4.69) is 15.4 Å². The molecular formula is C39H45IN6O10S2. The number of carbonyl (C=O) groups is 1. The summed E-state index contributed by atoms with van der Waals surface area (Å²) in [5.41, 5.74) is 0.698. The molecule has 0 fully saturated rings. The van der Waals surface area contributed by atoms with Crippen molar-refractivity contribution >= 4 is 48.5 Å². The van der Waals surface area contributed by atoms with Gasteiger partial charge in [0.05, 0.1) is 44.9 Å². The highest BCUT2D eigenvalue weighted by Gasteiger charge is 2.42. The summed E-state index contributed by atoms with van der Waals surface area (Å²) in [5.74, 6) is 1.56. The maximum atomic E-state index is 15.5. The van der Waals surface area contributed by atoms with Crippen LogP contribution in [0.3, 0.4) is 0 Å². The molecule has 0 radical (unpaired) electrons. The Kier molecular flexibility index (Phi) is 14.0. The number of sulfone groups is 1. The Morgan fingerprint density at radius 3 is 1.71 bits per heavy atom. The van der Waals surface area contributed by atoms with Gasteiger partial charge in [0.1, 0.15) is 27.4 Å². The van der Waals surface area contributed by atoms with Crippen molar-refractivity contribution in [1.29, 1.82) is 0 Å². The minimum absolute atomic E-state index is 0.138. The summed E-state index contributed by atoms with van der Waals surface area (Å²) in [6.45, 7) is 2.80. The van der Waals surface area contributed by atoms with E-state index in [0.717, 1.165) is 20.8 Å². The Labute approximate surface area is 351 Å². The Morgan fingerprint density at radius 2 is 1.28 bits per heavy atom. The van der Waals surface area contributed by atoms with Crippen molar-refractivity contribution < 1.29 is 46.1 Å². The van der Waals surface area contributed by atoms with Crippen LogP contribution in [0.2, 0.25) is 0 Å². The minimum Gasteiger partial charge on any atom is -0.497 e. The molecule has 4 aromatic carbocycles. The zero-order valence-corrected chi connectivity index (χ0v) is 36.5. The summed E-state index contributed by atoms with van der Waals surface area (Å²) < 4.78 is 77.9. The first-order valence-corrected chi connectivity index (χ1v) is 21.8. The predicted molar refractivity (Wildman–Crippen MR) is 223 cm³/mol. The monoisotopic (exact) mass is 948 g/mol. The number of hydrogen-bond donors (Lipinski definition) is 2. The molecule has 1 heterocycles. The van der Waals surface area contributed by atoms with Crippen LogP contribution in [0, 0.1) is 3.57 Å².